The van der Waals surface area contributed by atoms with E-state index >= 15 is 0 Å². The van der Waals surface area contributed by atoms with E-state index in [1.165, 1.54) is 25.8 Å². The van der Waals surface area contributed by atoms with E-state index in [4.69, 9.17) is 4.74 Å². The third kappa shape index (κ3) is 2.44. The molecule has 2 fully saturated rings. The highest BCUT2D eigenvalue weighted by Crippen LogP contribution is 2.36. The number of hydrogen-bond acceptors (Lipinski definition) is 2. The quantitative estimate of drug-likeness (QED) is 0.648. The van der Waals surface area contributed by atoms with Crippen molar-refractivity contribution in [2.45, 2.75) is 45.3 Å². The van der Waals surface area contributed by atoms with Gasteiger partial charge in [-0.15, -0.1) is 0 Å². The molecule has 2 heteroatoms. The van der Waals surface area contributed by atoms with Crippen LogP contribution in [-0.4, -0.2) is 36.7 Å². The van der Waals surface area contributed by atoms with E-state index in [1.807, 2.05) is 0 Å². The molecule has 1 aliphatic carbocycles. The van der Waals surface area contributed by atoms with Crippen LogP contribution in [0.25, 0.3) is 0 Å². The molecular formula is C11H21NO. The Kier molecular flexibility index (Phi) is 2.89. The number of nitrogens with zero attached hydrogens (tertiary/aromatic N) is 1. The average molecular weight is 183 g/mol. The zero-order valence-electron chi connectivity index (χ0n) is 8.83. The monoisotopic (exact) mass is 183 g/mol. The number of hydrogen-bond donors (Lipinski definition) is 0. The van der Waals surface area contributed by atoms with E-state index in [2.05, 4.69) is 18.7 Å². The molecule has 0 aromatic rings. The van der Waals surface area contributed by atoms with Gasteiger partial charge in [0.15, 0.2) is 0 Å². The van der Waals surface area contributed by atoms with E-state index < -0.39 is 0 Å². The minimum atomic E-state index is 0.587. The molecule has 1 atom stereocenters. The van der Waals surface area contributed by atoms with E-state index in [-0.39, 0.29) is 0 Å². The lowest BCUT2D eigenvalue weighted by atomic mass is 10.1. The molecule has 13 heavy (non-hydrogen) atoms. The molecule has 1 saturated carbocycles. The second-order valence-electron chi connectivity index (χ2n) is 4.67. The highest BCUT2D eigenvalue weighted by atomic mass is 16.5. The van der Waals surface area contributed by atoms with Crippen molar-refractivity contribution in [1.29, 1.82) is 0 Å². The maximum atomic E-state index is 5.87. The van der Waals surface area contributed by atoms with Crippen molar-refractivity contribution in [2.75, 3.05) is 19.7 Å². The summed E-state index contributed by atoms with van der Waals surface area (Å²) in [5, 5.41) is 0. The zero-order chi connectivity index (χ0) is 9.26. The van der Waals surface area contributed by atoms with Gasteiger partial charge < -0.3 is 4.74 Å². The van der Waals surface area contributed by atoms with Crippen molar-refractivity contribution in [3.8, 4) is 0 Å². The van der Waals surface area contributed by atoms with Gasteiger partial charge in [-0.25, -0.2) is 0 Å². The lowest BCUT2D eigenvalue weighted by Gasteiger charge is -2.23. The fourth-order valence-electron chi connectivity index (χ4n) is 2.17. The van der Waals surface area contributed by atoms with Gasteiger partial charge in [0.25, 0.3) is 0 Å². The topological polar surface area (TPSA) is 12.5 Å². The smallest absolute Gasteiger partial charge is 0.0616 e. The molecule has 0 aromatic carbocycles. The first-order valence-corrected chi connectivity index (χ1v) is 5.63. The second-order valence-corrected chi connectivity index (χ2v) is 4.67. The maximum Gasteiger partial charge on any atom is 0.0616 e. The Morgan fingerprint density at radius 2 is 1.92 bits per heavy atom. The lowest BCUT2D eigenvalue weighted by Crippen LogP contribution is -2.33. The molecule has 0 amide bonds. The molecule has 1 aliphatic heterocycles. The van der Waals surface area contributed by atoms with Crippen LogP contribution in [0.1, 0.15) is 33.1 Å². The summed E-state index contributed by atoms with van der Waals surface area (Å²) in [5.74, 6) is 0.909. The van der Waals surface area contributed by atoms with Crippen molar-refractivity contribution in [2.24, 2.45) is 5.92 Å². The fourth-order valence-corrected chi connectivity index (χ4v) is 2.17. The standard InChI is InChI=1S/C11H21NO/c1-9(2)12-6-5-11(10-3-4-10)13-8-7-12/h9-11H,3-8H2,1-2H3. The van der Waals surface area contributed by atoms with E-state index in [9.17, 15) is 0 Å². The summed E-state index contributed by atoms with van der Waals surface area (Å²) in [6, 6.07) is 0.682. The van der Waals surface area contributed by atoms with Crippen LogP contribution < -0.4 is 0 Å². The van der Waals surface area contributed by atoms with Gasteiger partial charge in [-0.3, -0.25) is 4.90 Å². The van der Waals surface area contributed by atoms with Crippen LogP contribution in [0, 0.1) is 5.92 Å². The van der Waals surface area contributed by atoms with E-state index in [0.717, 1.165) is 19.1 Å². The van der Waals surface area contributed by atoms with Crippen LogP contribution in [0.15, 0.2) is 0 Å². The lowest BCUT2D eigenvalue weighted by molar-refractivity contribution is 0.0465. The summed E-state index contributed by atoms with van der Waals surface area (Å²) in [7, 11) is 0. The van der Waals surface area contributed by atoms with E-state index in [0.29, 0.717) is 12.1 Å². The molecule has 0 bridgehead atoms. The summed E-state index contributed by atoms with van der Waals surface area (Å²) < 4.78 is 5.87. The number of ether oxygens (including phenoxy) is 1. The molecule has 2 aliphatic rings. The van der Waals surface area contributed by atoms with Gasteiger partial charge in [0.05, 0.1) is 12.7 Å². The van der Waals surface area contributed by atoms with Crippen molar-refractivity contribution in [1.82, 2.24) is 4.90 Å². The SMILES string of the molecule is CC(C)N1CCOC(C2CC2)CC1. The highest BCUT2D eigenvalue weighted by Gasteiger charge is 2.33. The van der Waals surface area contributed by atoms with Crippen LogP contribution in [-0.2, 0) is 4.74 Å². The van der Waals surface area contributed by atoms with Crippen molar-refractivity contribution < 1.29 is 4.74 Å². The predicted octanol–water partition coefficient (Wildman–Crippen LogP) is 1.90. The number of rotatable bonds is 2. The molecule has 76 valence electrons. The van der Waals surface area contributed by atoms with Gasteiger partial charge in [-0.1, -0.05) is 0 Å². The first-order valence-electron chi connectivity index (χ1n) is 5.63. The molecule has 0 N–H and O–H groups in total. The summed E-state index contributed by atoms with van der Waals surface area (Å²) in [4.78, 5) is 2.53. The predicted molar refractivity (Wildman–Crippen MR) is 53.8 cm³/mol. The molecule has 0 aromatic heterocycles. The Hall–Kier alpha value is -0.0800. The Labute approximate surface area is 81.3 Å². The second kappa shape index (κ2) is 3.97. The normalized spacial score (nSPS) is 32.1. The van der Waals surface area contributed by atoms with Crippen LogP contribution in [0.3, 0.4) is 0 Å². The molecule has 0 radical (unpaired) electrons. The summed E-state index contributed by atoms with van der Waals surface area (Å²) in [5.41, 5.74) is 0. The summed E-state index contributed by atoms with van der Waals surface area (Å²) in [6.07, 6.45) is 4.66. The third-order valence-electron chi connectivity index (χ3n) is 3.29. The van der Waals surface area contributed by atoms with Gasteiger partial charge in [0.1, 0.15) is 0 Å². The third-order valence-corrected chi connectivity index (χ3v) is 3.29. The van der Waals surface area contributed by atoms with Crippen LogP contribution in [0.5, 0.6) is 0 Å². The van der Waals surface area contributed by atoms with Crippen molar-refractivity contribution in [3.05, 3.63) is 0 Å². The first-order chi connectivity index (χ1) is 6.27. The van der Waals surface area contributed by atoms with Crippen LogP contribution in [0.4, 0.5) is 0 Å². The van der Waals surface area contributed by atoms with Gasteiger partial charge in [-0.05, 0) is 39.0 Å². The Morgan fingerprint density at radius 1 is 1.15 bits per heavy atom. The maximum absolute atomic E-state index is 5.87. The molecule has 0 spiro atoms. The summed E-state index contributed by atoms with van der Waals surface area (Å²) >= 11 is 0. The Balaban J connectivity index is 1.82. The zero-order valence-corrected chi connectivity index (χ0v) is 8.83. The molecule has 1 heterocycles. The minimum absolute atomic E-state index is 0.587. The molecule has 1 saturated heterocycles. The minimum Gasteiger partial charge on any atom is -0.377 e. The van der Waals surface area contributed by atoms with Crippen molar-refractivity contribution >= 4 is 0 Å². The van der Waals surface area contributed by atoms with Crippen LogP contribution >= 0.6 is 0 Å². The Bertz CT molecular complexity index is 155. The van der Waals surface area contributed by atoms with Gasteiger partial charge >= 0.3 is 0 Å². The van der Waals surface area contributed by atoms with Crippen molar-refractivity contribution in [3.63, 3.8) is 0 Å². The average Bonchev–Trinajstić information content (AvgIpc) is 2.91. The van der Waals surface area contributed by atoms with E-state index in [1.54, 1.807) is 0 Å². The van der Waals surface area contributed by atoms with Crippen LogP contribution in [0.2, 0.25) is 0 Å². The highest BCUT2D eigenvalue weighted by molar-refractivity contribution is 4.84. The molecular weight excluding hydrogens is 162 g/mol. The summed E-state index contributed by atoms with van der Waals surface area (Å²) in [6.45, 7) is 7.86. The van der Waals surface area contributed by atoms with Gasteiger partial charge in [0.2, 0.25) is 0 Å². The largest absolute Gasteiger partial charge is 0.377 e. The molecule has 1 unspecified atom stereocenters. The fraction of sp³-hybridized carbons (Fsp3) is 1.00. The van der Waals surface area contributed by atoms with Gasteiger partial charge in [0, 0.05) is 19.1 Å². The first kappa shape index (κ1) is 9.47. The molecule has 2 nitrogen and oxygen atoms in total. The molecule has 2 rings (SSSR count). The Morgan fingerprint density at radius 3 is 2.54 bits per heavy atom. The van der Waals surface area contributed by atoms with Gasteiger partial charge in [-0.2, -0.15) is 0 Å².